The summed E-state index contributed by atoms with van der Waals surface area (Å²) in [6.07, 6.45) is 4.54. The third-order valence-corrected chi connectivity index (χ3v) is 3.27. The van der Waals surface area contributed by atoms with Gasteiger partial charge in [-0.05, 0) is 25.0 Å². The number of aromatic nitrogens is 1. The standard InChI is InChI=1S/C10H11ClN2O2/c11-9-4-3-8(7-12-9)10(13(14)15)5-1-2-6-10/h3-4,7H,1-2,5-6H2. The summed E-state index contributed by atoms with van der Waals surface area (Å²) in [4.78, 5) is 14.9. The highest BCUT2D eigenvalue weighted by Gasteiger charge is 2.47. The van der Waals surface area contributed by atoms with Crippen LogP contribution in [-0.4, -0.2) is 9.91 Å². The van der Waals surface area contributed by atoms with Crippen LogP contribution in [0.1, 0.15) is 31.2 Å². The van der Waals surface area contributed by atoms with Crippen molar-refractivity contribution in [3.8, 4) is 0 Å². The van der Waals surface area contributed by atoms with E-state index in [0.717, 1.165) is 12.8 Å². The molecule has 0 aliphatic heterocycles. The van der Waals surface area contributed by atoms with Crippen molar-refractivity contribution < 1.29 is 4.92 Å². The molecule has 15 heavy (non-hydrogen) atoms. The molecule has 0 amide bonds. The molecular formula is C10H11ClN2O2. The summed E-state index contributed by atoms with van der Waals surface area (Å²) >= 11 is 5.66. The van der Waals surface area contributed by atoms with Crippen molar-refractivity contribution in [2.24, 2.45) is 0 Å². The summed E-state index contributed by atoms with van der Waals surface area (Å²) in [5.41, 5.74) is -0.244. The third-order valence-electron chi connectivity index (χ3n) is 3.04. The maximum Gasteiger partial charge on any atom is 0.248 e. The van der Waals surface area contributed by atoms with Crippen LogP contribution in [-0.2, 0) is 5.54 Å². The van der Waals surface area contributed by atoms with Gasteiger partial charge < -0.3 is 0 Å². The minimum atomic E-state index is -0.919. The highest BCUT2D eigenvalue weighted by atomic mass is 35.5. The summed E-state index contributed by atoms with van der Waals surface area (Å²) in [6.45, 7) is 0. The van der Waals surface area contributed by atoms with Crippen LogP contribution in [0.15, 0.2) is 18.3 Å². The molecule has 0 spiro atoms. The number of pyridine rings is 1. The van der Waals surface area contributed by atoms with E-state index in [9.17, 15) is 10.1 Å². The van der Waals surface area contributed by atoms with Crippen LogP contribution in [0.2, 0.25) is 5.15 Å². The lowest BCUT2D eigenvalue weighted by molar-refractivity contribution is -0.578. The molecule has 1 saturated carbocycles. The van der Waals surface area contributed by atoms with Crippen molar-refractivity contribution in [3.63, 3.8) is 0 Å². The Morgan fingerprint density at radius 2 is 2.07 bits per heavy atom. The van der Waals surface area contributed by atoms with Crippen molar-refractivity contribution in [2.75, 3.05) is 0 Å². The first-order valence-electron chi connectivity index (χ1n) is 4.92. The van der Waals surface area contributed by atoms with Crippen LogP contribution in [0.5, 0.6) is 0 Å². The first-order valence-corrected chi connectivity index (χ1v) is 5.29. The van der Waals surface area contributed by atoms with Crippen molar-refractivity contribution in [1.29, 1.82) is 0 Å². The van der Waals surface area contributed by atoms with E-state index in [1.165, 1.54) is 6.20 Å². The average molecular weight is 227 g/mol. The Bertz CT molecular complexity index is 372. The zero-order chi connectivity index (χ0) is 10.9. The van der Waals surface area contributed by atoms with Gasteiger partial charge in [0.25, 0.3) is 0 Å². The van der Waals surface area contributed by atoms with Crippen LogP contribution in [0.4, 0.5) is 0 Å². The second kappa shape index (κ2) is 3.77. The van der Waals surface area contributed by atoms with E-state index >= 15 is 0 Å². The summed E-state index contributed by atoms with van der Waals surface area (Å²) in [5, 5.41) is 11.5. The van der Waals surface area contributed by atoms with Crippen LogP contribution in [0, 0.1) is 10.1 Å². The number of nitrogens with zero attached hydrogens (tertiary/aromatic N) is 2. The molecule has 1 fully saturated rings. The van der Waals surface area contributed by atoms with Crippen molar-refractivity contribution in [2.45, 2.75) is 31.2 Å². The Hall–Kier alpha value is -1.16. The third kappa shape index (κ3) is 1.69. The first kappa shape index (κ1) is 10.4. The minimum absolute atomic E-state index is 0.176. The zero-order valence-corrected chi connectivity index (χ0v) is 8.91. The molecule has 5 heteroatoms. The molecule has 4 nitrogen and oxygen atoms in total. The van der Waals surface area contributed by atoms with Crippen LogP contribution in [0.3, 0.4) is 0 Å². The summed E-state index contributed by atoms with van der Waals surface area (Å²) in [5.74, 6) is 0. The van der Waals surface area contributed by atoms with Gasteiger partial charge in [0, 0.05) is 29.5 Å². The van der Waals surface area contributed by atoms with Gasteiger partial charge in [0.15, 0.2) is 0 Å². The molecule has 0 N–H and O–H groups in total. The fraction of sp³-hybridized carbons (Fsp3) is 0.500. The molecule has 2 rings (SSSR count). The van der Waals surface area contributed by atoms with E-state index in [1.807, 2.05) is 0 Å². The van der Waals surface area contributed by atoms with Crippen LogP contribution >= 0.6 is 11.6 Å². The van der Waals surface area contributed by atoms with Gasteiger partial charge in [-0.15, -0.1) is 0 Å². The number of rotatable bonds is 2. The monoisotopic (exact) mass is 226 g/mol. The van der Waals surface area contributed by atoms with E-state index in [1.54, 1.807) is 12.1 Å². The van der Waals surface area contributed by atoms with Gasteiger partial charge >= 0.3 is 0 Å². The molecule has 1 heterocycles. The van der Waals surface area contributed by atoms with Gasteiger partial charge in [-0.25, -0.2) is 4.98 Å². The first-order chi connectivity index (χ1) is 7.15. The van der Waals surface area contributed by atoms with Crippen LogP contribution in [0.25, 0.3) is 0 Å². The van der Waals surface area contributed by atoms with Crippen molar-refractivity contribution in [3.05, 3.63) is 39.2 Å². The van der Waals surface area contributed by atoms with Crippen LogP contribution < -0.4 is 0 Å². The number of halogens is 1. The van der Waals surface area contributed by atoms with Gasteiger partial charge in [-0.3, -0.25) is 10.1 Å². The molecule has 0 saturated heterocycles. The highest BCUT2D eigenvalue weighted by Crippen LogP contribution is 2.41. The predicted octanol–water partition coefficient (Wildman–Crippen LogP) is 2.78. The molecule has 0 bridgehead atoms. The van der Waals surface area contributed by atoms with Gasteiger partial charge in [0.2, 0.25) is 5.54 Å². The second-order valence-electron chi connectivity index (χ2n) is 3.87. The zero-order valence-electron chi connectivity index (χ0n) is 8.15. The Morgan fingerprint density at radius 3 is 2.53 bits per heavy atom. The molecule has 1 aliphatic rings. The quantitative estimate of drug-likeness (QED) is 0.443. The summed E-state index contributed by atoms with van der Waals surface area (Å²) in [6, 6.07) is 3.32. The van der Waals surface area contributed by atoms with Crippen molar-refractivity contribution >= 4 is 11.6 Å². The highest BCUT2D eigenvalue weighted by molar-refractivity contribution is 6.29. The van der Waals surface area contributed by atoms with Gasteiger partial charge in [0.05, 0.1) is 0 Å². The van der Waals surface area contributed by atoms with E-state index in [2.05, 4.69) is 4.98 Å². The number of nitro groups is 1. The smallest absolute Gasteiger partial charge is 0.248 e. The SMILES string of the molecule is O=[N+]([O-])C1(c2ccc(Cl)nc2)CCCC1. The topological polar surface area (TPSA) is 56.0 Å². The van der Waals surface area contributed by atoms with E-state index in [4.69, 9.17) is 11.6 Å². The van der Waals surface area contributed by atoms with Gasteiger partial charge in [0.1, 0.15) is 5.15 Å². The number of hydrogen-bond donors (Lipinski definition) is 0. The normalized spacial score (nSPS) is 19.0. The van der Waals surface area contributed by atoms with Gasteiger partial charge in [-0.1, -0.05) is 11.6 Å². The summed E-state index contributed by atoms with van der Waals surface area (Å²) < 4.78 is 0. The molecule has 0 unspecified atom stereocenters. The van der Waals surface area contributed by atoms with E-state index in [-0.39, 0.29) is 4.92 Å². The van der Waals surface area contributed by atoms with E-state index in [0.29, 0.717) is 23.6 Å². The molecular weight excluding hydrogens is 216 g/mol. The molecule has 1 aromatic rings. The number of hydrogen-bond acceptors (Lipinski definition) is 3. The lowest BCUT2D eigenvalue weighted by Crippen LogP contribution is -2.32. The lowest BCUT2D eigenvalue weighted by atomic mass is 9.90. The largest absolute Gasteiger partial charge is 0.264 e. The minimum Gasteiger partial charge on any atom is -0.264 e. The van der Waals surface area contributed by atoms with E-state index < -0.39 is 5.54 Å². The maximum absolute atomic E-state index is 11.2. The fourth-order valence-corrected chi connectivity index (χ4v) is 2.30. The maximum atomic E-state index is 11.2. The second-order valence-corrected chi connectivity index (χ2v) is 4.25. The lowest BCUT2D eigenvalue weighted by Gasteiger charge is -2.19. The Morgan fingerprint density at radius 1 is 1.40 bits per heavy atom. The fourth-order valence-electron chi connectivity index (χ4n) is 2.19. The van der Waals surface area contributed by atoms with Crippen molar-refractivity contribution in [1.82, 2.24) is 4.98 Å². The average Bonchev–Trinajstić information content (AvgIpc) is 2.69. The molecule has 1 aromatic heterocycles. The molecule has 0 radical (unpaired) electrons. The Balaban J connectivity index is 2.41. The Labute approximate surface area is 92.4 Å². The Kier molecular flexibility index (Phi) is 2.61. The summed E-state index contributed by atoms with van der Waals surface area (Å²) in [7, 11) is 0. The molecule has 1 aliphatic carbocycles. The molecule has 0 atom stereocenters. The van der Waals surface area contributed by atoms with Gasteiger partial charge in [-0.2, -0.15) is 0 Å². The molecule has 80 valence electrons. The predicted molar refractivity (Wildman–Crippen MR) is 56.4 cm³/mol. The molecule has 0 aromatic carbocycles.